The second kappa shape index (κ2) is 7.07. The third-order valence-corrected chi connectivity index (χ3v) is 2.49. The molecule has 3 nitrogen and oxygen atoms in total. The second-order valence-electron chi connectivity index (χ2n) is 3.34. The van der Waals surface area contributed by atoms with Crippen molar-refractivity contribution in [3.63, 3.8) is 0 Å². The maximum Gasteiger partial charge on any atom is 0.203 e. The fourth-order valence-corrected chi connectivity index (χ4v) is 1.61. The summed E-state index contributed by atoms with van der Waals surface area (Å²) < 4.78 is 15.8. The zero-order chi connectivity index (χ0) is 12.7. The first-order valence-electron chi connectivity index (χ1n) is 5.29. The van der Waals surface area contributed by atoms with E-state index in [0.29, 0.717) is 23.1 Å². The number of ether oxygens (including phenoxy) is 3. The van der Waals surface area contributed by atoms with Crippen LogP contribution in [0.2, 0.25) is 0 Å². The van der Waals surface area contributed by atoms with Crippen LogP contribution >= 0.6 is 11.6 Å². The van der Waals surface area contributed by atoms with Gasteiger partial charge in [-0.3, -0.25) is 0 Å². The molecule has 0 N–H and O–H groups in total. The van der Waals surface area contributed by atoms with E-state index in [-0.39, 0.29) is 0 Å². The first kappa shape index (κ1) is 13.7. The molecule has 94 valence electrons. The number of alkyl halides is 1. The van der Waals surface area contributed by atoms with Gasteiger partial charge < -0.3 is 14.2 Å². The molecule has 0 bridgehead atoms. The van der Waals surface area contributed by atoms with Crippen LogP contribution in [0.5, 0.6) is 17.2 Å². The van der Waals surface area contributed by atoms with Crippen LogP contribution in [0.15, 0.2) is 18.2 Å². The maximum absolute atomic E-state index is 5.61. The summed E-state index contributed by atoms with van der Waals surface area (Å²) in [6.45, 7) is 0. The Morgan fingerprint density at radius 3 is 2.06 bits per heavy atom. The molecule has 0 amide bonds. The average molecular weight is 257 g/mol. The smallest absolute Gasteiger partial charge is 0.203 e. The highest BCUT2D eigenvalue weighted by molar-refractivity contribution is 6.17. The van der Waals surface area contributed by atoms with Crippen molar-refractivity contribution in [3.05, 3.63) is 23.8 Å². The van der Waals surface area contributed by atoms with E-state index in [1.807, 2.05) is 24.3 Å². The van der Waals surface area contributed by atoms with Crippen LogP contribution in [-0.4, -0.2) is 27.2 Å². The number of benzene rings is 1. The van der Waals surface area contributed by atoms with Gasteiger partial charge in [0.15, 0.2) is 11.5 Å². The molecule has 0 fully saturated rings. The molecule has 0 heterocycles. The summed E-state index contributed by atoms with van der Waals surface area (Å²) in [6.07, 6.45) is 4.82. The van der Waals surface area contributed by atoms with Gasteiger partial charge in [0.1, 0.15) is 0 Å². The average Bonchev–Trinajstić information content (AvgIpc) is 2.37. The molecule has 0 aliphatic rings. The van der Waals surface area contributed by atoms with Gasteiger partial charge in [0.05, 0.1) is 21.3 Å². The van der Waals surface area contributed by atoms with Crippen molar-refractivity contribution < 1.29 is 14.2 Å². The third kappa shape index (κ3) is 3.56. The SMILES string of the molecule is COc1cc(C=CCCCl)cc(OC)c1OC. The van der Waals surface area contributed by atoms with Gasteiger partial charge in [-0.1, -0.05) is 12.2 Å². The van der Waals surface area contributed by atoms with Crippen molar-refractivity contribution in [3.8, 4) is 17.2 Å². The van der Waals surface area contributed by atoms with Gasteiger partial charge in [0.2, 0.25) is 5.75 Å². The minimum atomic E-state index is 0.601. The third-order valence-electron chi connectivity index (χ3n) is 2.27. The quantitative estimate of drug-likeness (QED) is 0.731. The monoisotopic (exact) mass is 256 g/mol. The van der Waals surface area contributed by atoms with E-state index < -0.39 is 0 Å². The summed E-state index contributed by atoms with van der Waals surface area (Å²) in [7, 11) is 4.79. The Labute approximate surface area is 107 Å². The summed E-state index contributed by atoms with van der Waals surface area (Å²) in [5, 5.41) is 0. The van der Waals surface area contributed by atoms with Crippen LogP contribution in [0.4, 0.5) is 0 Å². The topological polar surface area (TPSA) is 27.7 Å². The molecule has 0 saturated carbocycles. The van der Waals surface area contributed by atoms with E-state index in [2.05, 4.69) is 0 Å². The molecular formula is C13H17ClO3. The van der Waals surface area contributed by atoms with Gasteiger partial charge in [-0.25, -0.2) is 0 Å². The minimum Gasteiger partial charge on any atom is -0.493 e. The predicted octanol–water partition coefficient (Wildman–Crippen LogP) is 3.35. The first-order valence-corrected chi connectivity index (χ1v) is 5.82. The van der Waals surface area contributed by atoms with Gasteiger partial charge in [0, 0.05) is 5.88 Å². The lowest BCUT2D eigenvalue weighted by atomic mass is 10.1. The molecule has 4 heteroatoms. The van der Waals surface area contributed by atoms with Crippen molar-refractivity contribution in [2.24, 2.45) is 0 Å². The fourth-order valence-electron chi connectivity index (χ4n) is 1.48. The Hall–Kier alpha value is -1.35. The van der Waals surface area contributed by atoms with Crippen molar-refractivity contribution in [1.29, 1.82) is 0 Å². The van der Waals surface area contributed by atoms with Gasteiger partial charge in [-0.05, 0) is 24.1 Å². The predicted molar refractivity (Wildman–Crippen MR) is 70.5 cm³/mol. The highest BCUT2D eigenvalue weighted by atomic mass is 35.5. The molecule has 0 aromatic heterocycles. The van der Waals surface area contributed by atoms with Gasteiger partial charge >= 0.3 is 0 Å². The largest absolute Gasteiger partial charge is 0.493 e. The summed E-state index contributed by atoms with van der Waals surface area (Å²) in [4.78, 5) is 0. The number of methoxy groups -OCH3 is 3. The Morgan fingerprint density at radius 1 is 1.06 bits per heavy atom. The molecule has 1 aromatic carbocycles. The van der Waals surface area contributed by atoms with Crippen LogP contribution in [0.25, 0.3) is 6.08 Å². The summed E-state index contributed by atoms with van der Waals surface area (Å²) in [6, 6.07) is 3.79. The summed E-state index contributed by atoms with van der Waals surface area (Å²) >= 11 is 5.61. The second-order valence-corrected chi connectivity index (χ2v) is 3.72. The van der Waals surface area contributed by atoms with E-state index in [4.69, 9.17) is 25.8 Å². The number of allylic oxidation sites excluding steroid dienone is 1. The summed E-state index contributed by atoms with van der Waals surface area (Å²) in [5.41, 5.74) is 0.990. The van der Waals surface area contributed by atoms with Gasteiger partial charge in [-0.15, -0.1) is 11.6 Å². The number of rotatable bonds is 6. The normalized spacial score (nSPS) is 10.6. The Kier molecular flexibility index (Phi) is 5.70. The molecule has 0 atom stereocenters. The number of hydrogen-bond acceptors (Lipinski definition) is 3. The highest BCUT2D eigenvalue weighted by Crippen LogP contribution is 2.38. The van der Waals surface area contributed by atoms with E-state index >= 15 is 0 Å². The first-order chi connectivity index (χ1) is 8.26. The van der Waals surface area contributed by atoms with Crippen molar-refractivity contribution in [1.82, 2.24) is 0 Å². The van der Waals surface area contributed by atoms with Crippen molar-refractivity contribution in [2.75, 3.05) is 27.2 Å². The lowest BCUT2D eigenvalue weighted by Gasteiger charge is -2.12. The van der Waals surface area contributed by atoms with Crippen LogP contribution in [0, 0.1) is 0 Å². The Bertz CT molecular complexity index is 363. The molecule has 17 heavy (non-hydrogen) atoms. The van der Waals surface area contributed by atoms with Crippen LogP contribution in [0.1, 0.15) is 12.0 Å². The van der Waals surface area contributed by atoms with E-state index in [0.717, 1.165) is 12.0 Å². The van der Waals surface area contributed by atoms with E-state index in [9.17, 15) is 0 Å². The number of hydrogen-bond donors (Lipinski definition) is 0. The van der Waals surface area contributed by atoms with Crippen LogP contribution < -0.4 is 14.2 Å². The van der Waals surface area contributed by atoms with Crippen LogP contribution in [-0.2, 0) is 0 Å². The highest BCUT2D eigenvalue weighted by Gasteiger charge is 2.11. The zero-order valence-corrected chi connectivity index (χ0v) is 11.1. The Morgan fingerprint density at radius 2 is 1.65 bits per heavy atom. The Balaban J connectivity index is 3.08. The molecule has 0 radical (unpaired) electrons. The molecular weight excluding hydrogens is 240 g/mol. The molecule has 0 spiro atoms. The molecule has 0 aliphatic heterocycles. The standard InChI is InChI=1S/C13H17ClO3/c1-15-11-8-10(6-4-5-7-14)9-12(16-2)13(11)17-3/h4,6,8-9H,5,7H2,1-3H3. The lowest BCUT2D eigenvalue weighted by molar-refractivity contribution is 0.324. The van der Waals surface area contributed by atoms with Crippen molar-refractivity contribution >= 4 is 17.7 Å². The van der Waals surface area contributed by atoms with Crippen molar-refractivity contribution in [2.45, 2.75) is 6.42 Å². The molecule has 1 rings (SSSR count). The fraction of sp³-hybridized carbons (Fsp3) is 0.385. The maximum atomic E-state index is 5.61. The lowest BCUT2D eigenvalue weighted by Crippen LogP contribution is -1.95. The molecule has 1 aromatic rings. The van der Waals surface area contributed by atoms with Crippen LogP contribution in [0.3, 0.4) is 0 Å². The van der Waals surface area contributed by atoms with E-state index in [1.54, 1.807) is 21.3 Å². The van der Waals surface area contributed by atoms with Gasteiger partial charge in [0.25, 0.3) is 0 Å². The minimum absolute atomic E-state index is 0.601. The number of halogens is 1. The molecule has 0 saturated heterocycles. The molecule has 0 aliphatic carbocycles. The van der Waals surface area contributed by atoms with E-state index in [1.165, 1.54) is 0 Å². The zero-order valence-electron chi connectivity index (χ0n) is 10.3. The summed E-state index contributed by atoms with van der Waals surface area (Å²) in [5.74, 6) is 2.51. The molecule has 0 unspecified atom stereocenters. The van der Waals surface area contributed by atoms with Gasteiger partial charge in [-0.2, -0.15) is 0 Å².